The highest BCUT2D eigenvalue weighted by atomic mass is 32.2. The number of sulfonamides is 1. The van der Waals surface area contributed by atoms with Crippen LogP contribution in [0.5, 0.6) is 0 Å². The topological polar surface area (TPSA) is 81.4 Å². The van der Waals surface area contributed by atoms with Crippen molar-refractivity contribution in [2.75, 3.05) is 18.8 Å². The van der Waals surface area contributed by atoms with Gasteiger partial charge in [0.25, 0.3) is 0 Å². The van der Waals surface area contributed by atoms with Crippen LogP contribution in [0.1, 0.15) is 26.2 Å². The smallest absolute Gasteiger partial charge is 0.214 e. The molecule has 1 fully saturated rings. The molecular weight excluding hydrogens is 228 g/mol. The van der Waals surface area contributed by atoms with Crippen molar-refractivity contribution in [1.29, 1.82) is 5.26 Å². The van der Waals surface area contributed by atoms with E-state index in [9.17, 15) is 13.5 Å². The zero-order valence-electron chi connectivity index (χ0n) is 9.46. The third-order valence-electron chi connectivity index (χ3n) is 2.97. The molecule has 0 saturated carbocycles. The zero-order valence-corrected chi connectivity index (χ0v) is 10.3. The van der Waals surface area contributed by atoms with Crippen LogP contribution in [0.4, 0.5) is 0 Å². The van der Waals surface area contributed by atoms with Gasteiger partial charge in [0, 0.05) is 19.5 Å². The van der Waals surface area contributed by atoms with Crippen molar-refractivity contribution in [2.24, 2.45) is 5.92 Å². The van der Waals surface area contributed by atoms with Gasteiger partial charge in [0.15, 0.2) is 0 Å². The second kappa shape index (κ2) is 5.62. The molecule has 0 radical (unpaired) electrons. The van der Waals surface area contributed by atoms with Gasteiger partial charge in [-0.2, -0.15) is 9.57 Å². The van der Waals surface area contributed by atoms with Gasteiger partial charge in [0.1, 0.15) is 0 Å². The molecule has 0 aromatic rings. The molecule has 2 atom stereocenters. The fourth-order valence-electron chi connectivity index (χ4n) is 1.74. The van der Waals surface area contributed by atoms with Crippen LogP contribution in [0.25, 0.3) is 0 Å². The predicted molar refractivity (Wildman–Crippen MR) is 60.0 cm³/mol. The van der Waals surface area contributed by atoms with Crippen LogP contribution in [0.15, 0.2) is 0 Å². The first-order valence-corrected chi connectivity index (χ1v) is 7.11. The van der Waals surface area contributed by atoms with Crippen LogP contribution in [0.3, 0.4) is 0 Å². The molecule has 0 bridgehead atoms. The highest BCUT2D eigenvalue weighted by Gasteiger charge is 2.31. The summed E-state index contributed by atoms with van der Waals surface area (Å²) in [5.74, 6) is 0.160. The summed E-state index contributed by atoms with van der Waals surface area (Å²) in [4.78, 5) is 0. The molecule has 5 nitrogen and oxygen atoms in total. The summed E-state index contributed by atoms with van der Waals surface area (Å²) in [5.41, 5.74) is 0. The molecule has 92 valence electrons. The van der Waals surface area contributed by atoms with Gasteiger partial charge in [-0.25, -0.2) is 8.42 Å². The normalized spacial score (nSPS) is 27.6. The molecule has 1 heterocycles. The lowest BCUT2D eigenvalue weighted by atomic mass is 9.98. The third-order valence-corrected chi connectivity index (χ3v) is 4.89. The maximum atomic E-state index is 11.8. The molecule has 16 heavy (non-hydrogen) atoms. The fourth-order valence-corrected chi connectivity index (χ4v) is 3.27. The Kier molecular flexibility index (Phi) is 4.71. The van der Waals surface area contributed by atoms with Crippen molar-refractivity contribution in [2.45, 2.75) is 32.3 Å². The summed E-state index contributed by atoms with van der Waals surface area (Å²) in [6.07, 6.45) is 0.741. The van der Waals surface area contributed by atoms with Gasteiger partial charge in [-0.15, -0.1) is 0 Å². The lowest BCUT2D eigenvalue weighted by molar-refractivity contribution is 0.0605. The largest absolute Gasteiger partial charge is 0.391 e. The fraction of sp³-hybridized carbons (Fsp3) is 0.900. The molecule has 1 aliphatic heterocycles. The zero-order chi connectivity index (χ0) is 12.2. The van der Waals surface area contributed by atoms with Crippen LogP contribution in [0.2, 0.25) is 0 Å². The van der Waals surface area contributed by atoms with E-state index in [2.05, 4.69) is 0 Å². The van der Waals surface area contributed by atoms with Gasteiger partial charge in [-0.3, -0.25) is 0 Å². The minimum Gasteiger partial charge on any atom is -0.391 e. The first-order chi connectivity index (χ1) is 7.47. The second-order valence-corrected chi connectivity index (χ2v) is 6.36. The maximum absolute atomic E-state index is 11.8. The summed E-state index contributed by atoms with van der Waals surface area (Å²) in [7, 11) is -3.29. The van der Waals surface area contributed by atoms with Gasteiger partial charge < -0.3 is 5.11 Å². The van der Waals surface area contributed by atoms with Crippen molar-refractivity contribution >= 4 is 10.0 Å². The Labute approximate surface area is 96.7 Å². The van der Waals surface area contributed by atoms with Crippen molar-refractivity contribution in [1.82, 2.24) is 4.31 Å². The molecule has 0 amide bonds. The minimum absolute atomic E-state index is 0.00165. The summed E-state index contributed by atoms with van der Waals surface area (Å²) in [6.45, 7) is 2.59. The van der Waals surface area contributed by atoms with Crippen molar-refractivity contribution in [3.63, 3.8) is 0 Å². The molecule has 6 heteroatoms. The average molecular weight is 246 g/mol. The summed E-state index contributed by atoms with van der Waals surface area (Å²) >= 11 is 0. The number of rotatable bonds is 4. The summed E-state index contributed by atoms with van der Waals surface area (Å²) < 4.78 is 25.0. The molecule has 1 aliphatic rings. The van der Waals surface area contributed by atoms with Crippen LogP contribution >= 0.6 is 0 Å². The van der Waals surface area contributed by atoms with E-state index in [0.717, 1.165) is 0 Å². The Bertz CT molecular complexity index is 361. The molecule has 1 N–H and O–H groups in total. The van der Waals surface area contributed by atoms with E-state index in [1.165, 1.54) is 4.31 Å². The minimum atomic E-state index is -3.29. The molecule has 1 saturated heterocycles. The van der Waals surface area contributed by atoms with Crippen LogP contribution in [-0.2, 0) is 10.0 Å². The number of nitriles is 1. The number of hydrogen-bond acceptors (Lipinski definition) is 4. The Morgan fingerprint density at radius 1 is 1.56 bits per heavy atom. The van der Waals surface area contributed by atoms with E-state index in [4.69, 9.17) is 5.26 Å². The third kappa shape index (κ3) is 3.44. The van der Waals surface area contributed by atoms with Gasteiger partial charge in [0.2, 0.25) is 10.0 Å². The Morgan fingerprint density at radius 3 is 2.81 bits per heavy atom. The molecule has 0 spiro atoms. The number of β-amino-alcohol motifs (C(OH)–C–C–N with tert-alkyl or cyclic N) is 1. The number of nitrogens with zero attached hydrogens (tertiary/aromatic N) is 2. The number of aliphatic hydroxyl groups excluding tert-OH is 1. The highest BCUT2D eigenvalue weighted by molar-refractivity contribution is 7.89. The Morgan fingerprint density at radius 2 is 2.25 bits per heavy atom. The van der Waals surface area contributed by atoms with E-state index in [1.807, 2.05) is 13.0 Å². The quantitative estimate of drug-likeness (QED) is 0.724. The van der Waals surface area contributed by atoms with E-state index in [1.54, 1.807) is 0 Å². The molecule has 2 unspecified atom stereocenters. The van der Waals surface area contributed by atoms with Crippen molar-refractivity contribution < 1.29 is 13.5 Å². The monoisotopic (exact) mass is 246 g/mol. The molecular formula is C10H18N2O3S. The Balaban J connectivity index is 2.53. The number of piperidine rings is 1. The maximum Gasteiger partial charge on any atom is 0.214 e. The molecule has 0 aliphatic carbocycles. The highest BCUT2D eigenvalue weighted by Crippen LogP contribution is 2.20. The van der Waals surface area contributed by atoms with Gasteiger partial charge in [-0.1, -0.05) is 6.92 Å². The SMILES string of the molecule is CC1CCN(S(=O)(=O)CCCC#N)CC1O. The van der Waals surface area contributed by atoms with Crippen LogP contribution < -0.4 is 0 Å². The first kappa shape index (κ1) is 13.4. The lowest BCUT2D eigenvalue weighted by Gasteiger charge is -2.33. The van der Waals surface area contributed by atoms with Crippen LogP contribution in [-0.4, -0.2) is 42.8 Å². The van der Waals surface area contributed by atoms with Crippen molar-refractivity contribution in [3.8, 4) is 6.07 Å². The molecule has 1 rings (SSSR count). The second-order valence-electron chi connectivity index (χ2n) is 4.27. The molecule has 0 aromatic heterocycles. The van der Waals surface area contributed by atoms with Gasteiger partial charge in [0.05, 0.1) is 17.9 Å². The summed E-state index contributed by atoms with van der Waals surface area (Å²) in [6, 6.07) is 1.93. The van der Waals surface area contributed by atoms with E-state index < -0.39 is 16.1 Å². The lowest BCUT2D eigenvalue weighted by Crippen LogP contribution is -2.46. The van der Waals surface area contributed by atoms with E-state index in [0.29, 0.717) is 19.4 Å². The summed E-state index contributed by atoms with van der Waals surface area (Å²) in [5, 5.41) is 18.0. The first-order valence-electron chi connectivity index (χ1n) is 5.50. The van der Waals surface area contributed by atoms with E-state index >= 15 is 0 Å². The predicted octanol–water partition coefficient (Wildman–Crippen LogP) is 0.323. The van der Waals surface area contributed by atoms with Gasteiger partial charge >= 0.3 is 0 Å². The number of aliphatic hydroxyl groups is 1. The average Bonchev–Trinajstić information content (AvgIpc) is 2.22. The number of hydrogen-bond donors (Lipinski definition) is 1. The van der Waals surface area contributed by atoms with Crippen LogP contribution in [0, 0.1) is 17.2 Å². The van der Waals surface area contributed by atoms with Gasteiger partial charge in [-0.05, 0) is 18.8 Å². The van der Waals surface area contributed by atoms with E-state index in [-0.39, 0.29) is 24.6 Å². The Hall–Kier alpha value is -0.640. The molecule has 0 aromatic carbocycles. The number of unbranched alkanes of at least 4 members (excludes halogenated alkanes) is 1. The van der Waals surface area contributed by atoms with Crippen molar-refractivity contribution in [3.05, 3.63) is 0 Å². The standard InChI is InChI=1S/C10H18N2O3S/c1-9-4-6-12(8-10(9)13)16(14,15)7-3-2-5-11/h9-10,13H,2-4,6-8H2,1H3.